The molecule has 0 aromatic heterocycles. The van der Waals surface area contributed by atoms with Crippen LogP contribution in [0.25, 0.3) is 0 Å². The van der Waals surface area contributed by atoms with Crippen molar-refractivity contribution in [2.24, 2.45) is 0 Å². The number of aliphatic hydroxyl groups excluding tert-OH is 3. The third-order valence-corrected chi connectivity index (χ3v) is 2.31. The average Bonchev–Trinajstić information content (AvgIpc) is 2.18. The SMILES string of the molecule is CC1O[C@H](CO)[C@@H](O)[C@H](O)[C@@H]1OC=O. The van der Waals surface area contributed by atoms with Crippen LogP contribution >= 0.6 is 0 Å². The lowest BCUT2D eigenvalue weighted by Gasteiger charge is -2.39. The van der Waals surface area contributed by atoms with Gasteiger partial charge in [-0.1, -0.05) is 0 Å². The number of hydrogen-bond acceptors (Lipinski definition) is 6. The summed E-state index contributed by atoms with van der Waals surface area (Å²) in [5, 5.41) is 27.7. The molecule has 82 valence electrons. The highest BCUT2D eigenvalue weighted by molar-refractivity contribution is 5.37. The maximum absolute atomic E-state index is 10.1. The van der Waals surface area contributed by atoms with Gasteiger partial charge in [-0.25, -0.2) is 0 Å². The van der Waals surface area contributed by atoms with Crippen molar-refractivity contribution in [3.05, 3.63) is 0 Å². The summed E-state index contributed by atoms with van der Waals surface area (Å²) in [6, 6.07) is 0. The highest BCUT2D eigenvalue weighted by Gasteiger charge is 2.43. The second-order valence-corrected chi connectivity index (χ2v) is 3.24. The molecule has 0 amide bonds. The molecule has 6 nitrogen and oxygen atoms in total. The predicted octanol–water partition coefficient (Wildman–Crippen LogP) is -1.97. The van der Waals surface area contributed by atoms with Crippen LogP contribution in [0.5, 0.6) is 0 Å². The number of carbonyl (C=O) groups is 1. The maximum Gasteiger partial charge on any atom is 0.293 e. The van der Waals surface area contributed by atoms with Gasteiger partial charge in [-0.3, -0.25) is 4.79 Å². The van der Waals surface area contributed by atoms with Gasteiger partial charge >= 0.3 is 0 Å². The van der Waals surface area contributed by atoms with Crippen LogP contribution in [0.15, 0.2) is 0 Å². The lowest BCUT2D eigenvalue weighted by atomic mass is 9.96. The zero-order valence-electron chi connectivity index (χ0n) is 7.74. The molecule has 1 unspecified atom stereocenters. The Labute approximate surface area is 81.1 Å². The fourth-order valence-electron chi connectivity index (χ4n) is 1.53. The minimum atomic E-state index is -1.25. The van der Waals surface area contributed by atoms with Gasteiger partial charge in [-0.15, -0.1) is 0 Å². The summed E-state index contributed by atoms with van der Waals surface area (Å²) in [5.74, 6) is 0. The van der Waals surface area contributed by atoms with Crippen molar-refractivity contribution in [3.63, 3.8) is 0 Å². The van der Waals surface area contributed by atoms with Crippen molar-refractivity contribution in [2.75, 3.05) is 6.61 Å². The van der Waals surface area contributed by atoms with E-state index in [1.54, 1.807) is 6.92 Å². The van der Waals surface area contributed by atoms with E-state index < -0.39 is 37.1 Å². The Morgan fingerprint density at radius 2 is 2.07 bits per heavy atom. The minimum absolute atomic E-state index is 0.194. The zero-order chi connectivity index (χ0) is 10.7. The first-order valence-electron chi connectivity index (χ1n) is 4.33. The normalized spacial score (nSPS) is 43.3. The Hall–Kier alpha value is -0.690. The number of rotatable bonds is 3. The quantitative estimate of drug-likeness (QED) is 0.463. The molecule has 1 rings (SSSR count). The van der Waals surface area contributed by atoms with Gasteiger partial charge in [0.2, 0.25) is 0 Å². The molecule has 1 heterocycles. The summed E-state index contributed by atoms with van der Waals surface area (Å²) < 4.78 is 9.71. The highest BCUT2D eigenvalue weighted by atomic mass is 16.6. The van der Waals surface area contributed by atoms with Crippen LogP contribution in [0.3, 0.4) is 0 Å². The summed E-state index contributed by atoms with van der Waals surface area (Å²) >= 11 is 0. The van der Waals surface area contributed by atoms with Gasteiger partial charge in [0.25, 0.3) is 6.47 Å². The van der Waals surface area contributed by atoms with E-state index in [9.17, 15) is 15.0 Å². The van der Waals surface area contributed by atoms with Gasteiger partial charge in [0.1, 0.15) is 18.3 Å². The number of aliphatic hydroxyl groups is 3. The van der Waals surface area contributed by atoms with Crippen LogP contribution in [0.2, 0.25) is 0 Å². The summed E-state index contributed by atoms with van der Waals surface area (Å²) in [6.07, 6.45) is -4.78. The molecule has 1 fully saturated rings. The number of hydrogen-bond donors (Lipinski definition) is 3. The van der Waals surface area contributed by atoms with E-state index >= 15 is 0 Å². The van der Waals surface area contributed by atoms with Crippen molar-refractivity contribution < 1.29 is 29.6 Å². The van der Waals surface area contributed by atoms with Gasteiger partial charge in [0.05, 0.1) is 12.7 Å². The molecular formula is C8H14O6. The van der Waals surface area contributed by atoms with Gasteiger partial charge in [0, 0.05) is 0 Å². The van der Waals surface area contributed by atoms with Crippen molar-refractivity contribution in [1.82, 2.24) is 0 Å². The number of carbonyl (C=O) groups excluding carboxylic acids is 1. The van der Waals surface area contributed by atoms with Gasteiger partial charge in [-0.05, 0) is 6.92 Å². The van der Waals surface area contributed by atoms with E-state index in [1.165, 1.54) is 0 Å². The first-order chi connectivity index (χ1) is 6.61. The average molecular weight is 206 g/mol. The van der Waals surface area contributed by atoms with Crippen LogP contribution < -0.4 is 0 Å². The van der Waals surface area contributed by atoms with E-state index in [2.05, 4.69) is 4.74 Å². The van der Waals surface area contributed by atoms with Crippen LogP contribution in [0.1, 0.15) is 6.92 Å². The monoisotopic (exact) mass is 206 g/mol. The molecule has 0 aliphatic carbocycles. The Kier molecular flexibility index (Phi) is 3.82. The van der Waals surface area contributed by atoms with Gasteiger partial charge < -0.3 is 24.8 Å². The highest BCUT2D eigenvalue weighted by Crippen LogP contribution is 2.22. The Morgan fingerprint density at radius 3 is 2.57 bits per heavy atom. The topological polar surface area (TPSA) is 96.2 Å². The van der Waals surface area contributed by atoms with E-state index in [1.807, 2.05) is 0 Å². The molecule has 0 radical (unpaired) electrons. The van der Waals surface area contributed by atoms with E-state index in [-0.39, 0.29) is 6.47 Å². The second-order valence-electron chi connectivity index (χ2n) is 3.24. The fourth-order valence-corrected chi connectivity index (χ4v) is 1.53. The first-order valence-corrected chi connectivity index (χ1v) is 4.33. The predicted molar refractivity (Wildman–Crippen MR) is 44.4 cm³/mol. The fraction of sp³-hybridized carbons (Fsp3) is 0.875. The molecule has 5 atom stereocenters. The first kappa shape index (κ1) is 11.4. The Bertz CT molecular complexity index is 196. The van der Waals surface area contributed by atoms with Crippen LogP contribution in [-0.2, 0) is 14.3 Å². The summed E-state index contributed by atoms with van der Waals surface area (Å²) in [7, 11) is 0. The van der Waals surface area contributed by atoms with Crippen molar-refractivity contribution in [1.29, 1.82) is 0 Å². The smallest absolute Gasteiger partial charge is 0.293 e. The Morgan fingerprint density at radius 1 is 1.43 bits per heavy atom. The van der Waals surface area contributed by atoms with Gasteiger partial charge in [-0.2, -0.15) is 0 Å². The van der Waals surface area contributed by atoms with Crippen LogP contribution in [-0.4, -0.2) is 58.9 Å². The standard InChI is InChI=1S/C8H14O6/c1-4-8(13-3-10)7(12)6(11)5(2-9)14-4/h3-9,11-12H,2H2,1H3/t4?,5-,6-,7+,8-/m1/s1. The third kappa shape index (κ3) is 2.03. The molecule has 0 bridgehead atoms. The molecule has 0 spiro atoms. The molecule has 6 heteroatoms. The molecule has 1 saturated heterocycles. The molecule has 0 aromatic rings. The Balaban J connectivity index is 2.68. The lowest BCUT2D eigenvalue weighted by molar-refractivity contribution is -0.230. The molecule has 14 heavy (non-hydrogen) atoms. The third-order valence-electron chi connectivity index (χ3n) is 2.31. The van der Waals surface area contributed by atoms with Crippen molar-refractivity contribution in [2.45, 2.75) is 37.4 Å². The van der Waals surface area contributed by atoms with Crippen LogP contribution in [0.4, 0.5) is 0 Å². The lowest BCUT2D eigenvalue weighted by Crippen LogP contribution is -2.58. The van der Waals surface area contributed by atoms with Crippen LogP contribution in [0, 0.1) is 0 Å². The van der Waals surface area contributed by atoms with E-state index in [0.29, 0.717) is 0 Å². The number of ether oxygens (including phenoxy) is 2. The zero-order valence-corrected chi connectivity index (χ0v) is 7.74. The molecule has 1 aliphatic rings. The summed E-state index contributed by atoms with van der Waals surface area (Å²) in [4.78, 5) is 10.1. The van der Waals surface area contributed by atoms with E-state index in [0.717, 1.165) is 0 Å². The van der Waals surface area contributed by atoms with E-state index in [4.69, 9.17) is 9.84 Å². The molecule has 1 aliphatic heterocycles. The maximum atomic E-state index is 10.1. The molecular weight excluding hydrogens is 192 g/mol. The second kappa shape index (κ2) is 4.70. The largest absolute Gasteiger partial charge is 0.459 e. The molecule has 3 N–H and O–H groups in total. The van der Waals surface area contributed by atoms with Crippen molar-refractivity contribution in [3.8, 4) is 0 Å². The van der Waals surface area contributed by atoms with Gasteiger partial charge in [0.15, 0.2) is 6.10 Å². The molecule has 0 aromatic carbocycles. The summed E-state index contributed by atoms with van der Waals surface area (Å²) in [6.45, 7) is 1.39. The minimum Gasteiger partial charge on any atom is -0.459 e. The summed E-state index contributed by atoms with van der Waals surface area (Å²) in [5.41, 5.74) is 0. The molecule has 0 saturated carbocycles. The van der Waals surface area contributed by atoms with Crippen molar-refractivity contribution >= 4 is 6.47 Å².